The zero-order valence-corrected chi connectivity index (χ0v) is 19.9. The van der Waals surface area contributed by atoms with E-state index in [1.165, 1.54) is 0 Å². The minimum Gasteiger partial charge on any atom is -0.486 e. The highest BCUT2D eigenvalue weighted by molar-refractivity contribution is 5.67. The molecule has 0 radical (unpaired) electrons. The minimum atomic E-state index is -0.337. The smallest absolute Gasteiger partial charge is 0.351 e. The van der Waals surface area contributed by atoms with E-state index in [9.17, 15) is 4.79 Å². The lowest BCUT2D eigenvalue weighted by molar-refractivity contribution is 0.0520. The molecule has 4 heterocycles. The Morgan fingerprint density at radius 2 is 1.95 bits per heavy atom. The van der Waals surface area contributed by atoms with Crippen molar-refractivity contribution in [1.82, 2.24) is 29.8 Å². The molecule has 188 valence electrons. The van der Waals surface area contributed by atoms with Crippen molar-refractivity contribution >= 4 is 0 Å². The summed E-state index contributed by atoms with van der Waals surface area (Å²) in [4.78, 5) is 16.9. The molecule has 4 aromatic rings. The number of nitrogens with zero attached hydrogens (tertiary/aromatic N) is 6. The lowest BCUT2D eigenvalue weighted by atomic mass is 9.97. The maximum Gasteiger partial charge on any atom is 0.351 e. The molecule has 7 rings (SSSR count). The second kappa shape index (κ2) is 8.91. The van der Waals surface area contributed by atoms with Crippen LogP contribution in [0.15, 0.2) is 53.3 Å². The van der Waals surface area contributed by atoms with E-state index >= 15 is 0 Å². The third-order valence-electron chi connectivity index (χ3n) is 6.75. The number of fused-ring (bicyclic) bond motifs is 4. The topological polar surface area (TPSA) is 115 Å². The molecule has 1 fully saturated rings. The van der Waals surface area contributed by atoms with Gasteiger partial charge in [-0.1, -0.05) is 12.1 Å². The SMILES string of the molecule is O=c1nc(OCC2COc3ccccc3O2)cc2n1CCc1cc(OCc3nnnn3C3CC3)ccc1-2. The normalized spacial score (nSPS) is 17.6. The standard InChI is InChI=1S/C26H24N6O5/c33-26-27-25(36-14-19-13-35-22-3-1-2-4-23(22)37-19)12-21-20-8-7-18(11-16(20)9-10-31(21)26)34-15-24-28-29-30-32(24)17-5-6-17/h1-4,7-8,11-12,17,19H,5-6,9-10,13-15H2. The summed E-state index contributed by atoms with van der Waals surface area (Å²) in [5.74, 6) is 3.11. The fraction of sp³-hybridized carbons (Fsp3) is 0.346. The predicted molar refractivity (Wildman–Crippen MR) is 130 cm³/mol. The molecule has 1 aliphatic carbocycles. The van der Waals surface area contributed by atoms with Crippen molar-refractivity contribution in [2.75, 3.05) is 13.2 Å². The van der Waals surface area contributed by atoms with Gasteiger partial charge in [0.05, 0.1) is 11.7 Å². The first kappa shape index (κ1) is 21.8. The van der Waals surface area contributed by atoms with E-state index in [0.29, 0.717) is 43.7 Å². The second-order valence-electron chi connectivity index (χ2n) is 9.35. The van der Waals surface area contributed by atoms with E-state index < -0.39 is 0 Å². The molecule has 2 aromatic carbocycles. The first-order valence-electron chi connectivity index (χ1n) is 12.4. The van der Waals surface area contributed by atoms with E-state index in [1.54, 1.807) is 10.6 Å². The van der Waals surface area contributed by atoms with Crippen molar-refractivity contribution in [3.63, 3.8) is 0 Å². The largest absolute Gasteiger partial charge is 0.486 e. The van der Waals surface area contributed by atoms with Gasteiger partial charge in [0.25, 0.3) is 0 Å². The van der Waals surface area contributed by atoms with Crippen molar-refractivity contribution in [1.29, 1.82) is 0 Å². The molecule has 37 heavy (non-hydrogen) atoms. The van der Waals surface area contributed by atoms with Crippen LogP contribution in [0.25, 0.3) is 11.3 Å². The molecule has 3 aliphatic rings. The molecular weight excluding hydrogens is 476 g/mol. The number of para-hydroxylation sites is 2. The molecule has 2 aliphatic heterocycles. The summed E-state index contributed by atoms with van der Waals surface area (Å²) in [7, 11) is 0. The Morgan fingerprint density at radius 3 is 2.84 bits per heavy atom. The average Bonchev–Trinajstić information content (AvgIpc) is 3.67. The zero-order chi connectivity index (χ0) is 24.8. The summed E-state index contributed by atoms with van der Waals surface area (Å²) < 4.78 is 27.1. The Bertz CT molecular complexity index is 1530. The highest BCUT2D eigenvalue weighted by atomic mass is 16.6. The Balaban J connectivity index is 1.07. The first-order valence-corrected chi connectivity index (χ1v) is 12.4. The molecule has 1 atom stereocenters. The molecule has 0 amide bonds. The van der Waals surface area contributed by atoms with Gasteiger partial charge in [-0.05, 0) is 65.6 Å². The third-order valence-corrected chi connectivity index (χ3v) is 6.75. The summed E-state index contributed by atoms with van der Waals surface area (Å²) in [6.45, 7) is 1.41. The van der Waals surface area contributed by atoms with Crippen LogP contribution in [0.2, 0.25) is 0 Å². The second-order valence-corrected chi connectivity index (χ2v) is 9.35. The summed E-state index contributed by atoms with van der Waals surface area (Å²) in [6, 6.07) is 15.6. The monoisotopic (exact) mass is 500 g/mol. The Labute approximate surface area is 211 Å². The van der Waals surface area contributed by atoms with Crippen LogP contribution in [0.3, 0.4) is 0 Å². The highest BCUT2D eigenvalue weighted by Gasteiger charge is 2.28. The van der Waals surface area contributed by atoms with Crippen LogP contribution in [0.4, 0.5) is 0 Å². The van der Waals surface area contributed by atoms with Gasteiger partial charge in [-0.25, -0.2) is 9.48 Å². The Hall–Kier alpha value is -4.41. The van der Waals surface area contributed by atoms with E-state index in [2.05, 4.69) is 20.5 Å². The van der Waals surface area contributed by atoms with E-state index in [1.807, 2.05) is 47.1 Å². The molecule has 1 unspecified atom stereocenters. The number of tetrazole rings is 1. The molecule has 0 N–H and O–H groups in total. The number of ether oxygens (including phenoxy) is 4. The van der Waals surface area contributed by atoms with Crippen LogP contribution in [-0.2, 0) is 19.6 Å². The maximum atomic E-state index is 12.8. The molecular formula is C26H24N6O5. The summed E-state index contributed by atoms with van der Waals surface area (Å²) in [5.41, 5.74) is 2.48. The molecule has 2 aromatic heterocycles. The van der Waals surface area contributed by atoms with Crippen molar-refractivity contribution in [2.24, 2.45) is 0 Å². The van der Waals surface area contributed by atoms with Gasteiger partial charge in [-0.2, -0.15) is 4.98 Å². The van der Waals surface area contributed by atoms with Crippen molar-refractivity contribution in [2.45, 2.75) is 44.6 Å². The predicted octanol–water partition coefficient (Wildman–Crippen LogP) is 2.59. The maximum absolute atomic E-state index is 12.8. The number of hydrogen-bond donors (Lipinski definition) is 0. The van der Waals surface area contributed by atoms with Crippen LogP contribution < -0.4 is 24.6 Å². The molecule has 0 saturated heterocycles. The Morgan fingerprint density at radius 1 is 1.05 bits per heavy atom. The molecule has 11 nitrogen and oxygen atoms in total. The summed E-state index contributed by atoms with van der Waals surface area (Å²) in [5, 5.41) is 11.9. The first-order chi connectivity index (χ1) is 18.2. The quantitative estimate of drug-likeness (QED) is 0.378. The van der Waals surface area contributed by atoms with Crippen LogP contribution in [0.5, 0.6) is 23.1 Å². The van der Waals surface area contributed by atoms with Gasteiger partial charge < -0.3 is 18.9 Å². The van der Waals surface area contributed by atoms with Crippen LogP contribution in [0.1, 0.15) is 30.3 Å². The van der Waals surface area contributed by atoms with Gasteiger partial charge in [-0.3, -0.25) is 4.57 Å². The number of benzene rings is 2. The summed E-state index contributed by atoms with van der Waals surface area (Å²) >= 11 is 0. The third kappa shape index (κ3) is 4.26. The van der Waals surface area contributed by atoms with Gasteiger partial charge in [0, 0.05) is 18.2 Å². The average molecular weight is 501 g/mol. The van der Waals surface area contributed by atoms with Crippen molar-refractivity contribution in [3.8, 4) is 34.4 Å². The van der Waals surface area contributed by atoms with Gasteiger partial charge in [0.2, 0.25) is 5.88 Å². The van der Waals surface area contributed by atoms with E-state index in [0.717, 1.165) is 41.2 Å². The lowest BCUT2D eigenvalue weighted by Crippen LogP contribution is -2.35. The number of aromatic nitrogens is 6. The molecule has 11 heteroatoms. The molecule has 0 spiro atoms. The lowest BCUT2D eigenvalue weighted by Gasteiger charge is -2.26. The minimum absolute atomic E-state index is 0.212. The number of hydrogen-bond acceptors (Lipinski definition) is 9. The highest BCUT2D eigenvalue weighted by Crippen LogP contribution is 2.35. The van der Waals surface area contributed by atoms with E-state index in [4.69, 9.17) is 18.9 Å². The zero-order valence-electron chi connectivity index (χ0n) is 19.9. The molecule has 1 saturated carbocycles. The molecule has 0 bridgehead atoms. The number of aryl methyl sites for hydroxylation is 1. The summed E-state index contributed by atoms with van der Waals surface area (Å²) in [6.07, 6.45) is 2.61. The fourth-order valence-electron chi connectivity index (χ4n) is 4.73. The van der Waals surface area contributed by atoms with Gasteiger partial charge in [-0.15, -0.1) is 5.10 Å². The van der Waals surface area contributed by atoms with Gasteiger partial charge in [0.1, 0.15) is 25.6 Å². The van der Waals surface area contributed by atoms with Crippen LogP contribution >= 0.6 is 0 Å². The van der Waals surface area contributed by atoms with E-state index in [-0.39, 0.29) is 24.3 Å². The van der Waals surface area contributed by atoms with Gasteiger partial charge >= 0.3 is 5.69 Å². The van der Waals surface area contributed by atoms with Crippen molar-refractivity contribution < 1.29 is 18.9 Å². The fourth-order valence-corrected chi connectivity index (χ4v) is 4.73. The number of rotatable bonds is 7. The van der Waals surface area contributed by atoms with Crippen LogP contribution in [-0.4, -0.2) is 49.1 Å². The van der Waals surface area contributed by atoms with Crippen LogP contribution in [0, 0.1) is 0 Å². The Kier molecular flexibility index (Phi) is 5.26. The van der Waals surface area contributed by atoms with Crippen molar-refractivity contribution in [3.05, 3.63) is 70.4 Å². The van der Waals surface area contributed by atoms with Gasteiger partial charge in [0.15, 0.2) is 23.4 Å².